The molecule has 1 aliphatic rings. The van der Waals surface area contributed by atoms with Gasteiger partial charge < -0.3 is 4.74 Å². The SMILES string of the molecule is CO[C@@H]1CCN(Cc2nc(Cc3ccccc3)n(-c3ccc(S(N)(=O)=O)cc3F)n2)C1. The van der Waals surface area contributed by atoms with Crippen molar-refractivity contribution in [2.24, 2.45) is 5.14 Å². The number of aromatic nitrogens is 3. The molecule has 1 aliphatic heterocycles. The quantitative estimate of drug-likeness (QED) is 0.596. The van der Waals surface area contributed by atoms with Gasteiger partial charge in [-0.25, -0.2) is 27.6 Å². The van der Waals surface area contributed by atoms with Gasteiger partial charge in [0.1, 0.15) is 17.3 Å². The molecule has 1 fully saturated rings. The van der Waals surface area contributed by atoms with Gasteiger partial charge in [-0.2, -0.15) is 0 Å². The summed E-state index contributed by atoms with van der Waals surface area (Å²) in [7, 11) is -2.30. The summed E-state index contributed by atoms with van der Waals surface area (Å²) < 4.78 is 44.8. The molecule has 0 saturated carbocycles. The zero-order valence-corrected chi connectivity index (χ0v) is 17.9. The third-order valence-corrected chi connectivity index (χ3v) is 6.24. The van der Waals surface area contributed by atoms with E-state index >= 15 is 0 Å². The number of primary sulfonamides is 1. The molecule has 0 unspecified atom stereocenters. The largest absolute Gasteiger partial charge is 0.380 e. The van der Waals surface area contributed by atoms with E-state index in [1.165, 1.54) is 16.8 Å². The lowest BCUT2D eigenvalue weighted by atomic mass is 10.1. The first-order chi connectivity index (χ1) is 14.8. The van der Waals surface area contributed by atoms with Crippen LogP contribution < -0.4 is 5.14 Å². The van der Waals surface area contributed by atoms with E-state index in [9.17, 15) is 12.8 Å². The predicted molar refractivity (Wildman–Crippen MR) is 113 cm³/mol. The number of hydrogen-bond donors (Lipinski definition) is 1. The number of benzene rings is 2. The molecule has 0 radical (unpaired) electrons. The number of nitrogens with zero attached hydrogens (tertiary/aromatic N) is 4. The number of halogens is 1. The molecule has 2 aromatic carbocycles. The Morgan fingerprint density at radius 3 is 2.65 bits per heavy atom. The molecule has 2 heterocycles. The van der Waals surface area contributed by atoms with Gasteiger partial charge in [0.25, 0.3) is 0 Å². The maximum atomic E-state index is 14.9. The fourth-order valence-electron chi connectivity index (χ4n) is 3.71. The van der Waals surface area contributed by atoms with Crippen LogP contribution >= 0.6 is 0 Å². The average molecular weight is 446 g/mol. The van der Waals surface area contributed by atoms with E-state index in [1.807, 2.05) is 30.3 Å². The topological polar surface area (TPSA) is 103 Å². The number of ether oxygens (including phenoxy) is 1. The summed E-state index contributed by atoms with van der Waals surface area (Å²) in [6.07, 6.45) is 1.58. The van der Waals surface area contributed by atoms with Gasteiger partial charge in [-0.3, -0.25) is 4.90 Å². The molecule has 0 bridgehead atoms. The minimum absolute atomic E-state index is 0.119. The molecule has 10 heteroatoms. The molecule has 3 aromatic rings. The van der Waals surface area contributed by atoms with Gasteiger partial charge in [0.05, 0.1) is 17.5 Å². The molecule has 1 saturated heterocycles. The standard InChI is InChI=1S/C21H24FN5O3S/c1-30-16-9-10-26(13-16)14-20-24-21(11-15-5-3-2-4-6-15)27(25-20)19-8-7-17(12-18(19)22)31(23,28)29/h2-8,12,16H,9-11,13-14H2,1H3,(H2,23,28,29)/t16-/m1/s1. The normalized spacial score (nSPS) is 17.3. The second-order valence-corrected chi connectivity index (χ2v) is 9.12. The lowest BCUT2D eigenvalue weighted by molar-refractivity contribution is 0.107. The number of methoxy groups -OCH3 is 1. The van der Waals surface area contributed by atoms with Crippen LogP contribution in [0.5, 0.6) is 0 Å². The first-order valence-electron chi connectivity index (χ1n) is 9.90. The molecular weight excluding hydrogens is 421 g/mol. The highest BCUT2D eigenvalue weighted by atomic mass is 32.2. The van der Waals surface area contributed by atoms with Crippen molar-refractivity contribution >= 4 is 10.0 Å². The van der Waals surface area contributed by atoms with Crippen LogP contribution in [0, 0.1) is 5.82 Å². The summed E-state index contributed by atoms with van der Waals surface area (Å²) in [5.41, 5.74) is 1.12. The van der Waals surface area contributed by atoms with Crippen molar-refractivity contribution in [1.29, 1.82) is 0 Å². The number of nitrogens with two attached hydrogens (primary N) is 1. The van der Waals surface area contributed by atoms with Crippen molar-refractivity contribution < 1.29 is 17.5 Å². The summed E-state index contributed by atoms with van der Waals surface area (Å²) in [6, 6.07) is 13.2. The fraction of sp³-hybridized carbons (Fsp3) is 0.333. The van der Waals surface area contributed by atoms with Crippen LogP contribution in [0.4, 0.5) is 4.39 Å². The molecule has 2 N–H and O–H groups in total. The predicted octanol–water partition coefficient (Wildman–Crippen LogP) is 1.87. The lowest BCUT2D eigenvalue weighted by Crippen LogP contribution is -2.23. The Morgan fingerprint density at radius 1 is 1.23 bits per heavy atom. The summed E-state index contributed by atoms with van der Waals surface area (Å²) in [6.45, 7) is 2.18. The van der Waals surface area contributed by atoms with Crippen LogP contribution in [0.2, 0.25) is 0 Å². The van der Waals surface area contributed by atoms with Crippen LogP contribution in [-0.4, -0.2) is 54.4 Å². The van der Waals surface area contributed by atoms with Gasteiger partial charge in [0.2, 0.25) is 10.0 Å². The van der Waals surface area contributed by atoms with Crippen molar-refractivity contribution in [1.82, 2.24) is 19.7 Å². The minimum atomic E-state index is -4.01. The molecule has 0 amide bonds. The summed E-state index contributed by atoms with van der Waals surface area (Å²) in [4.78, 5) is 6.57. The Morgan fingerprint density at radius 2 is 2.00 bits per heavy atom. The van der Waals surface area contributed by atoms with Gasteiger partial charge in [0, 0.05) is 26.6 Å². The Bertz CT molecular complexity index is 1170. The smallest absolute Gasteiger partial charge is 0.238 e. The van der Waals surface area contributed by atoms with Gasteiger partial charge in [0.15, 0.2) is 5.82 Å². The maximum Gasteiger partial charge on any atom is 0.238 e. The summed E-state index contributed by atoms with van der Waals surface area (Å²) in [5.74, 6) is 0.390. The maximum absolute atomic E-state index is 14.9. The van der Waals surface area contributed by atoms with Crippen molar-refractivity contribution in [3.8, 4) is 5.69 Å². The third-order valence-electron chi connectivity index (χ3n) is 5.33. The number of sulfonamides is 1. The van der Waals surface area contributed by atoms with Crippen molar-refractivity contribution in [2.75, 3.05) is 20.2 Å². The van der Waals surface area contributed by atoms with Gasteiger partial charge in [-0.15, -0.1) is 5.10 Å². The average Bonchev–Trinajstić information content (AvgIpc) is 3.35. The Hall–Kier alpha value is -2.66. The van der Waals surface area contributed by atoms with Crippen LogP contribution in [0.1, 0.15) is 23.6 Å². The highest BCUT2D eigenvalue weighted by Gasteiger charge is 2.24. The molecule has 31 heavy (non-hydrogen) atoms. The molecule has 0 spiro atoms. The van der Waals surface area contributed by atoms with Crippen molar-refractivity contribution in [3.05, 3.63) is 71.6 Å². The van der Waals surface area contributed by atoms with E-state index in [1.54, 1.807) is 7.11 Å². The van der Waals surface area contributed by atoms with E-state index in [4.69, 9.17) is 9.88 Å². The molecule has 8 nitrogen and oxygen atoms in total. The second-order valence-electron chi connectivity index (χ2n) is 7.56. The number of hydrogen-bond acceptors (Lipinski definition) is 6. The van der Waals surface area contributed by atoms with E-state index in [0.717, 1.165) is 31.1 Å². The van der Waals surface area contributed by atoms with E-state index in [2.05, 4.69) is 15.0 Å². The lowest BCUT2D eigenvalue weighted by Gasteiger charge is -2.12. The summed E-state index contributed by atoms with van der Waals surface area (Å²) >= 11 is 0. The van der Waals surface area contributed by atoms with Crippen LogP contribution in [0.15, 0.2) is 53.4 Å². The van der Waals surface area contributed by atoms with Crippen molar-refractivity contribution in [3.63, 3.8) is 0 Å². The first kappa shape index (κ1) is 21.6. The minimum Gasteiger partial charge on any atom is -0.380 e. The Kier molecular flexibility index (Phi) is 6.15. The van der Waals surface area contributed by atoms with Gasteiger partial charge in [-0.1, -0.05) is 30.3 Å². The fourth-order valence-corrected chi connectivity index (χ4v) is 4.24. The molecule has 1 aromatic heterocycles. The van der Waals surface area contributed by atoms with Crippen LogP contribution in [0.3, 0.4) is 0 Å². The third kappa shape index (κ3) is 4.99. The van der Waals surface area contributed by atoms with Crippen LogP contribution in [-0.2, 0) is 27.7 Å². The highest BCUT2D eigenvalue weighted by Crippen LogP contribution is 2.21. The molecule has 0 aliphatic carbocycles. The molecule has 164 valence electrons. The Labute approximate surface area is 180 Å². The van der Waals surface area contributed by atoms with E-state index in [-0.39, 0.29) is 16.7 Å². The highest BCUT2D eigenvalue weighted by molar-refractivity contribution is 7.89. The number of likely N-dealkylation sites (tertiary alicyclic amines) is 1. The first-order valence-corrected chi connectivity index (χ1v) is 11.4. The summed E-state index contributed by atoms with van der Waals surface area (Å²) in [5, 5.41) is 9.67. The zero-order chi connectivity index (χ0) is 22.0. The van der Waals surface area contributed by atoms with Gasteiger partial charge in [-0.05, 0) is 30.2 Å². The molecule has 4 rings (SSSR count). The second kappa shape index (κ2) is 8.83. The van der Waals surface area contributed by atoms with E-state index in [0.29, 0.717) is 24.6 Å². The molecule has 1 atom stereocenters. The van der Waals surface area contributed by atoms with Crippen molar-refractivity contribution in [2.45, 2.75) is 30.4 Å². The van der Waals surface area contributed by atoms with Gasteiger partial charge >= 0.3 is 0 Å². The van der Waals surface area contributed by atoms with E-state index < -0.39 is 15.8 Å². The monoisotopic (exact) mass is 445 g/mol. The zero-order valence-electron chi connectivity index (χ0n) is 17.1. The molecular formula is C21H24FN5O3S. The number of rotatable bonds is 7. The van der Waals surface area contributed by atoms with Crippen LogP contribution in [0.25, 0.3) is 5.69 Å². The Balaban J connectivity index is 1.69.